The van der Waals surface area contributed by atoms with Gasteiger partial charge in [0, 0.05) is 6.54 Å². The van der Waals surface area contributed by atoms with Crippen molar-refractivity contribution in [3.8, 4) is 0 Å². The van der Waals surface area contributed by atoms with E-state index in [1.807, 2.05) is 30.3 Å². The average Bonchev–Trinajstić information content (AvgIpc) is 2.60. The Morgan fingerprint density at radius 1 is 1.14 bits per heavy atom. The molecule has 0 spiro atoms. The summed E-state index contributed by atoms with van der Waals surface area (Å²) in [6.45, 7) is 5.75. The zero-order chi connectivity index (χ0) is 21.0. The Morgan fingerprint density at radius 2 is 1.82 bits per heavy atom. The summed E-state index contributed by atoms with van der Waals surface area (Å²) in [5, 5.41) is 21.9. The number of carbonyl (C=O) groups excluding carboxylic acids is 2. The van der Waals surface area contributed by atoms with Crippen molar-refractivity contribution in [2.75, 3.05) is 13.2 Å². The van der Waals surface area contributed by atoms with Crippen molar-refractivity contribution in [1.82, 2.24) is 16.0 Å². The normalized spacial score (nSPS) is 12.5. The summed E-state index contributed by atoms with van der Waals surface area (Å²) < 4.78 is 5.25. The second kappa shape index (κ2) is 12.3. The third-order valence-corrected chi connectivity index (χ3v) is 3.65. The van der Waals surface area contributed by atoms with Gasteiger partial charge in [-0.3, -0.25) is 20.0 Å². The summed E-state index contributed by atoms with van der Waals surface area (Å²) in [4.78, 5) is 29.0. The number of hydrogen-bond acceptors (Lipinski definition) is 7. The van der Waals surface area contributed by atoms with E-state index in [4.69, 9.17) is 15.2 Å². The topological polar surface area (TPSA) is 120 Å². The van der Waals surface area contributed by atoms with E-state index in [0.29, 0.717) is 32.2 Å². The van der Waals surface area contributed by atoms with Gasteiger partial charge in [0.2, 0.25) is 5.91 Å². The van der Waals surface area contributed by atoms with Crippen LogP contribution in [0.25, 0.3) is 0 Å². The molecule has 28 heavy (non-hydrogen) atoms. The van der Waals surface area contributed by atoms with E-state index in [0.717, 1.165) is 5.56 Å². The summed E-state index contributed by atoms with van der Waals surface area (Å²) in [5.41, 5.74) is 0.415. The van der Waals surface area contributed by atoms with Crippen molar-refractivity contribution < 1.29 is 29.6 Å². The molecule has 1 atom stereocenters. The maximum atomic E-state index is 12.5. The summed E-state index contributed by atoms with van der Waals surface area (Å²) >= 11 is 0. The molecule has 0 heterocycles. The highest BCUT2D eigenvalue weighted by molar-refractivity contribution is 5.85. The largest absolute Gasteiger partial charge is 0.444 e. The number of alkyl carbamates (subject to hydrolysis) is 1. The second-order valence-corrected chi connectivity index (χ2v) is 7.31. The van der Waals surface area contributed by atoms with E-state index >= 15 is 0 Å². The van der Waals surface area contributed by atoms with E-state index in [2.05, 4.69) is 15.5 Å². The first kappa shape index (κ1) is 23.8. The molecule has 0 saturated carbocycles. The van der Waals surface area contributed by atoms with Gasteiger partial charge in [-0.05, 0) is 52.0 Å². The zero-order valence-electron chi connectivity index (χ0n) is 16.7. The molecule has 0 saturated heterocycles. The maximum absolute atomic E-state index is 12.5. The monoisotopic (exact) mass is 397 g/mol. The van der Waals surface area contributed by atoms with Crippen LogP contribution in [-0.2, 0) is 20.8 Å². The number of nitrogens with zero attached hydrogens (tertiary/aromatic N) is 1. The van der Waals surface area contributed by atoms with Crippen LogP contribution in [0, 0.1) is 0 Å². The molecule has 1 rings (SSSR count). The van der Waals surface area contributed by atoms with Crippen LogP contribution in [-0.4, -0.2) is 52.6 Å². The number of aryl methyl sites for hydroxylation is 1. The predicted molar refractivity (Wildman–Crippen MR) is 102 cm³/mol. The van der Waals surface area contributed by atoms with Gasteiger partial charge < -0.3 is 15.4 Å². The third kappa shape index (κ3) is 11.5. The molecular formula is C19H31N3O6. The fourth-order valence-electron chi connectivity index (χ4n) is 2.38. The minimum atomic E-state index is -0.725. The van der Waals surface area contributed by atoms with Crippen molar-refractivity contribution in [2.45, 2.75) is 58.1 Å². The first-order valence-electron chi connectivity index (χ1n) is 9.29. The molecule has 0 aliphatic heterocycles. The van der Waals surface area contributed by atoms with Crippen molar-refractivity contribution in [3.63, 3.8) is 0 Å². The summed E-state index contributed by atoms with van der Waals surface area (Å²) in [6.07, 6.45) is 1.52. The standard InChI is InChI=1S/C19H31N3O6/c1-19(2,3)28-18(24)21-16(12-11-15-9-5-4-6-10-15)17(23)20-13-7-8-14-27-22(25)26/h4-6,9-10,16,25-26H,7-8,11-14H2,1-3H3,(H,20,23)(H,21,24). The number of ether oxygens (including phenoxy) is 1. The van der Waals surface area contributed by atoms with Crippen molar-refractivity contribution in [3.05, 3.63) is 35.9 Å². The van der Waals surface area contributed by atoms with Gasteiger partial charge in [0.05, 0.1) is 12.0 Å². The van der Waals surface area contributed by atoms with Crippen LogP contribution >= 0.6 is 0 Å². The average molecular weight is 397 g/mol. The lowest BCUT2D eigenvalue weighted by Gasteiger charge is -2.23. The molecule has 4 N–H and O–H groups in total. The van der Waals surface area contributed by atoms with Gasteiger partial charge in [0.25, 0.3) is 0 Å². The summed E-state index contributed by atoms with van der Waals surface area (Å²) in [6, 6.07) is 8.98. The van der Waals surface area contributed by atoms with Crippen LogP contribution in [0.2, 0.25) is 0 Å². The molecule has 0 bridgehead atoms. The number of hydrogen-bond donors (Lipinski definition) is 4. The maximum Gasteiger partial charge on any atom is 0.408 e. The van der Waals surface area contributed by atoms with Crippen molar-refractivity contribution in [2.24, 2.45) is 0 Å². The number of unbranched alkanes of at least 4 members (excludes halogenated alkanes) is 1. The van der Waals surface area contributed by atoms with Crippen LogP contribution in [0.1, 0.15) is 45.6 Å². The SMILES string of the molecule is CC(C)(C)OC(=O)NC(CCc1ccccc1)C(=O)NCCCCON(O)O. The van der Waals surface area contributed by atoms with Gasteiger partial charge in [-0.25, -0.2) is 4.79 Å². The van der Waals surface area contributed by atoms with E-state index in [-0.39, 0.29) is 17.9 Å². The van der Waals surface area contributed by atoms with Gasteiger partial charge in [-0.2, -0.15) is 0 Å². The molecule has 1 unspecified atom stereocenters. The van der Waals surface area contributed by atoms with Gasteiger partial charge in [-0.1, -0.05) is 30.3 Å². The van der Waals surface area contributed by atoms with Crippen molar-refractivity contribution in [1.29, 1.82) is 0 Å². The molecule has 0 aliphatic rings. The second-order valence-electron chi connectivity index (χ2n) is 7.31. The Balaban J connectivity index is 2.52. The van der Waals surface area contributed by atoms with Gasteiger partial charge in [0.1, 0.15) is 11.6 Å². The Kier molecular flexibility index (Phi) is 10.5. The summed E-state index contributed by atoms with van der Waals surface area (Å²) in [5.74, 6) is -0.298. The van der Waals surface area contributed by atoms with Gasteiger partial charge >= 0.3 is 6.09 Å². The highest BCUT2D eigenvalue weighted by atomic mass is 17.1. The quantitative estimate of drug-likeness (QED) is 0.334. The molecule has 9 heteroatoms. The Labute approximate surface area is 165 Å². The van der Waals surface area contributed by atoms with Crippen LogP contribution in [0.15, 0.2) is 30.3 Å². The molecule has 0 fully saturated rings. The van der Waals surface area contributed by atoms with Crippen molar-refractivity contribution >= 4 is 12.0 Å². The number of benzene rings is 1. The smallest absolute Gasteiger partial charge is 0.408 e. The Morgan fingerprint density at radius 3 is 2.43 bits per heavy atom. The van der Waals surface area contributed by atoms with Crippen LogP contribution in [0.4, 0.5) is 4.79 Å². The van der Waals surface area contributed by atoms with Gasteiger partial charge in [-0.15, -0.1) is 0 Å². The van der Waals surface area contributed by atoms with Gasteiger partial charge in [0.15, 0.2) is 0 Å². The molecule has 1 aromatic carbocycles. The first-order chi connectivity index (χ1) is 13.2. The molecular weight excluding hydrogens is 366 g/mol. The minimum absolute atomic E-state index is 0.108. The fourth-order valence-corrected chi connectivity index (χ4v) is 2.38. The van der Waals surface area contributed by atoms with E-state index < -0.39 is 17.7 Å². The highest BCUT2D eigenvalue weighted by Crippen LogP contribution is 2.09. The molecule has 2 amide bonds. The lowest BCUT2D eigenvalue weighted by molar-refractivity contribution is -0.492. The van der Waals surface area contributed by atoms with Crippen LogP contribution in [0.3, 0.4) is 0 Å². The number of nitrogens with one attached hydrogen (secondary N) is 2. The number of rotatable bonds is 11. The number of carbonyl (C=O) groups is 2. The summed E-state index contributed by atoms with van der Waals surface area (Å²) in [7, 11) is 0. The Bertz CT molecular complexity index is 589. The fraction of sp³-hybridized carbons (Fsp3) is 0.579. The van der Waals surface area contributed by atoms with Crippen LogP contribution in [0.5, 0.6) is 0 Å². The molecule has 1 aromatic rings. The van der Waals surface area contributed by atoms with E-state index in [1.54, 1.807) is 20.8 Å². The molecule has 0 radical (unpaired) electrons. The molecule has 9 nitrogen and oxygen atoms in total. The lowest BCUT2D eigenvalue weighted by Crippen LogP contribution is -2.48. The predicted octanol–water partition coefficient (Wildman–Crippen LogP) is 2.42. The highest BCUT2D eigenvalue weighted by Gasteiger charge is 2.24. The zero-order valence-corrected chi connectivity index (χ0v) is 16.7. The first-order valence-corrected chi connectivity index (χ1v) is 9.29. The number of amides is 2. The molecule has 0 aromatic heterocycles. The third-order valence-electron chi connectivity index (χ3n) is 3.65. The van der Waals surface area contributed by atoms with Crippen LogP contribution < -0.4 is 10.6 Å². The van der Waals surface area contributed by atoms with E-state index in [9.17, 15) is 9.59 Å². The lowest BCUT2D eigenvalue weighted by atomic mass is 10.0. The Hall–Kier alpha value is -2.20. The molecule has 158 valence electrons. The van der Waals surface area contributed by atoms with E-state index in [1.165, 1.54) is 0 Å². The minimum Gasteiger partial charge on any atom is -0.444 e. The molecule has 0 aliphatic carbocycles.